The van der Waals surface area contributed by atoms with Crippen molar-refractivity contribution in [1.29, 1.82) is 0 Å². The predicted octanol–water partition coefficient (Wildman–Crippen LogP) is 0.897. The maximum absolute atomic E-state index is 11.5. The SMILES string of the molecule is COCCCN1C[C@@H](C)[C@@H](N2CCCN(C(C)=O)CC2)C1. The van der Waals surface area contributed by atoms with E-state index in [0.717, 1.165) is 58.1 Å². The second kappa shape index (κ2) is 8.11. The van der Waals surface area contributed by atoms with Crippen LogP contribution in [0.3, 0.4) is 0 Å². The third kappa shape index (κ3) is 4.66. The number of amides is 1. The van der Waals surface area contributed by atoms with Gasteiger partial charge in [-0.05, 0) is 18.8 Å². The molecule has 0 aliphatic carbocycles. The van der Waals surface area contributed by atoms with Gasteiger partial charge in [-0.15, -0.1) is 0 Å². The summed E-state index contributed by atoms with van der Waals surface area (Å²) < 4.78 is 5.15. The zero-order chi connectivity index (χ0) is 15.2. The second-order valence-corrected chi connectivity index (χ2v) is 6.55. The van der Waals surface area contributed by atoms with Gasteiger partial charge in [-0.2, -0.15) is 0 Å². The molecule has 0 saturated carbocycles. The molecule has 2 heterocycles. The van der Waals surface area contributed by atoms with Gasteiger partial charge in [0, 0.05) is 72.5 Å². The van der Waals surface area contributed by atoms with Crippen LogP contribution in [-0.4, -0.2) is 86.2 Å². The minimum atomic E-state index is 0.220. The smallest absolute Gasteiger partial charge is 0.219 e. The number of carbonyl (C=O) groups is 1. The Labute approximate surface area is 129 Å². The highest BCUT2D eigenvalue weighted by Gasteiger charge is 2.34. The molecule has 1 amide bonds. The highest BCUT2D eigenvalue weighted by atomic mass is 16.5. The lowest BCUT2D eigenvalue weighted by molar-refractivity contribution is -0.128. The van der Waals surface area contributed by atoms with Crippen molar-refractivity contribution in [3.63, 3.8) is 0 Å². The van der Waals surface area contributed by atoms with Crippen molar-refractivity contribution in [1.82, 2.24) is 14.7 Å². The van der Waals surface area contributed by atoms with Gasteiger partial charge < -0.3 is 14.5 Å². The molecule has 0 aromatic carbocycles. The van der Waals surface area contributed by atoms with Crippen molar-refractivity contribution in [3.8, 4) is 0 Å². The molecule has 0 radical (unpaired) electrons. The van der Waals surface area contributed by atoms with Crippen LogP contribution >= 0.6 is 0 Å². The average molecular weight is 297 g/mol. The van der Waals surface area contributed by atoms with Crippen LogP contribution < -0.4 is 0 Å². The standard InChI is InChI=1S/C16H31N3O2/c1-14-12-17(6-5-11-21-3)13-16(14)19-8-4-7-18(9-10-19)15(2)20/h14,16H,4-13H2,1-3H3/t14-,16+/m1/s1. The molecule has 2 aliphatic heterocycles. The van der Waals surface area contributed by atoms with Crippen LogP contribution in [0.25, 0.3) is 0 Å². The van der Waals surface area contributed by atoms with Gasteiger partial charge in [-0.25, -0.2) is 0 Å². The Kier molecular flexibility index (Phi) is 6.45. The summed E-state index contributed by atoms with van der Waals surface area (Å²) in [5.74, 6) is 0.939. The van der Waals surface area contributed by atoms with E-state index in [1.807, 2.05) is 4.90 Å². The molecule has 5 heteroatoms. The first-order chi connectivity index (χ1) is 10.1. The maximum atomic E-state index is 11.5. The van der Waals surface area contributed by atoms with E-state index in [1.54, 1.807) is 14.0 Å². The van der Waals surface area contributed by atoms with Gasteiger partial charge in [0.05, 0.1) is 0 Å². The van der Waals surface area contributed by atoms with E-state index < -0.39 is 0 Å². The van der Waals surface area contributed by atoms with Gasteiger partial charge in [0.2, 0.25) is 5.91 Å². The molecule has 0 spiro atoms. The molecule has 0 unspecified atom stereocenters. The number of ether oxygens (including phenoxy) is 1. The van der Waals surface area contributed by atoms with Crippen LogP contribution in [0.2, 0.25) is 0 Å². The van der Waals surface area contributed by atoms with Crippen LogP contribution in [0.1, 0.15) is 26.7 Å². The van der Waals surface area contributed by atoms with Gasteiger partial charge in [0.15, 0.2) is 0 Å². The minimum absolute atomic E-state index is 0.220. The summed E-state index contributed by atoms with van der Waals surface area (Å²) >= 11 is 0. The first-order valence-electron chi connectivity index (χ1n) is 8.32. The zero-order valence-corrected chi connectivity index (χ0v) is 13.9. The topological polar surface area (TPSA) is 36.0 Å². The Balaban J connectivity index is 1.82. The monoisotopic (exact) mass is 297 g/mol. The summed E-state index contributed by atoms with van der Waals surface area (Å²) in [6.45, 7) is 12.4. The average Bonchev–Trinajstić information content (AvgIpc) is 2.67. The Morgan fingerprint density at radius 2 is 2.00 bits per heavy atom. The van der Waals surface area contributed by atoms with Crippen molar-refractivity contribution in [2.24, 2.45) is 5.92 Å². The van der Waals surface area contributed by atoms with Gasteiger partial charge >= 0.3 is 0 Å². The van der Waals surface area contributed by atoms with E-state index in [0.29, 0.717) is 6.04 Å². The van der Waals surface area contributed by atoms with Crippen LogP contribution in [-0.2, 0) is 9.53 Å². The van der Waals surface area contributed by atoms with E-state index in [4.69, 9.17) is 4.74 Å². The molecule has 0 bridgehead atoms. The summed E-state index contributed by atoms with van der Waals surface area (Å²) in [7, 11) is 1.77. The van der Waals surface area contributed by atoms with Crippen LogP contribution in [0, 0.1) is 5.92 Å². The summed E-state index contributed by atoms with van der Waals surface area (Å²) in [4.78, 5) is 18.7. The third-order valence-electron chi connectivity index (χ3n) is 4.92. The van der Waals surface area contributed by atoms with Crippen LogP contribution in [0.4, 0.5) is 0 Å². The van der Waals surface area contributed by atoms with E-state index in [2.05, 4.69) is 16.7 Å². The third-order valence-corrected chi connectivity index (χ3v) is 4.92. The van der Waals surface area contributed by atoms with E-state index in [1.165, 1.54) is 13.1 Å². The molecule has 122 valence electrons. The number of hydrogen-bond acceptors (Lipinski definition) is 4. The Bertz CT molecular complexity index is 337. The van der Waals surface area contributed by atoms with Gasteiger partial charge in [-0.3, -0.25) is 9.69 Å². The molecular weight excluding hydrogens is 266 g/mol. The molecule has 0 aromatic heterocycles. The lowest BCUT2D eigenvalue weighted by atomic mass is 10.0. The molecule has 2 saturated heterocycles. The molecule has 0 aromatic rings. The number of likely N-dealkylation sites (tertiary alicyclic amines) is 1. The normalized spacial score (nSPS) is 28.8. The van der Waals surface area contributed by atoms with E-state index in [-0.39, 0.29) is 5.91 Å². The molecule has 2 atom stereocenters. The Morgan fingerprint density at radius 1 is 1.19 bits per heavy atom. The van der Waals surface area contributed by atoms with E-state index in [9.17, 15) is 4.79 Å². The van der Waals surface area contributed by atoms with Crippen molar-refractivity contribution in [2.75, 3.05) is 59.5 Å². The molecule has 5 nitrogen and oxygen atoms in total. The second-order valence-electron chi connectivity index (χ2n) is 6.55. The fourth-order valence-corrected chi connectivity index (χ4v) is 3.72. The zero-order valence-electron chi connectivity index (χ0n) is 13.9. The lowest BCUT2D eigenvalue weighted by Crippen LogP contribution is -2.43. The predicted molar refractivity (Wildman–Crippen MR) is 84.3 cm³/mol. The number of rotatable bonds is 5. The first-order valence-corrected chi connectivity index (χ1v) is 8.32. The number of hydrogen-bond donors (Lipinski definition) is 0. The quantitative estimate of drug-likeness (QED) is 0.706. The van der Waals surface area contributed by atoms with Crippen molar-refractivity contribution in [3.05, 3.63) is 0 Å². The number of methoxy groups -OCH3 is 1. The Morgan fingerprint density at radius 3 is 2.71 bits per heavy atom. The van der Waals surface area contributed by atoms with Crippen molar-refractivity contribution < 1.29 is 9.53 Å². The highest BCUT2D eigenvalue weighted by molar-refractivity contribution is 5.73. The number of carbonyl (C=O) groups excluding carboxylic acids is 1. The number of nitrogens with zero attached hydrogens (tertiary/aromatic N) is 3. The molecule has 2 fully saturated rings. The van der Waals surface area contributed by atoms with Gasteiger partial charge in [0.25, 0.3) is 0 Å². The fourth-order valence-electron chi connectivity index (χ4n) is 3.72. The minimum Gasteiger partial charge on any atom is -0.385 e. The van der Waals surface area contributed by atoms with Crippen LogP contribution in [0.5, 0.6) is 0 Å². The van der Waals surface area contributed by atoms with Gasteiger partial charge in [-0.1, -0.05) is 6.92 Å². The lowest BCUT2D eigenvalue weighted by Gasteiger charge is -2.30. The summed E-state index contributed by atoms with van der Waals surface area (Å²) in [5.41, 5.74) is 0. The van der Waals surface area contributed by atoms with Crippen LogP contribution in [0.15, 0.2) is 0 Å². The van der Waals surface area contributed by atoms with Crippen molar-refractivity contribution in [2.45, 2.75) is 32.7 Å². The molecule has 0 N–H and O–H groups in total. The molecule has 21 heavy (non-hydrogen) atoms. The van der Waals surface area contributed by atoms with Gasteiger partial charge in [0.1, 0.15) is 0 Å². The molecular formula is C16H31N3O2. The van der Waals surface area contributed by atoms with Crippen molar-refractivity contribution >= 4 is 5.91 Å². The maximum Gasteiger partial charge on any atom is 0.219 e. The molecule has 2 aliphatic rings. The summed E-state index contributed by atoms with van der Waals surface area (Å²) in [6, 6.07) is 0.652. The summed E-state index contributed by atoms with van der Waals surface area (Å²) in [5, 5.41) is 0. The Hall–Kier alpha value is -0.650. The summed E-state index contributed by atoms with van der Waals surface area (Å²) in [6.07, 6.45) is 2.22. The molecule has 2 rings (SSSR count). The highest BCUT2D eigenvalue weighted by Crippen LogP contribution is 2.23. The fraction of sp³-hybridized carbons (Fsp3) is 0.938. The first kappa shape index (κ1) is 16.7. The van der Waals surface area contributed by atoms with E-state index >= 15 is 0 Å². The largest absolute Gasteiger partial charge is 0.385 e.